The lowest BCUT2D eigenvalue weighted by molar-refractivity contribution is 0.0698. The number of para-hydroxylation sites is 1. The van der Waals surface area contributed by atoms with E-state index >= 15 is 0 Å². The van der Waals surface area contributed by atoms with Gasteiger partial charge in [-0.15, -0.1) is 0 Å². The molecule has 0 bridgehead atoms. The number of hydrogen-bond donors (Lipinski definition) is 3. The number of anilines is 1. The number of halogens is 1. The van der Waals surface area contributed by atoms with Crippen LogP contribution in [0.5, 0.6) is 0 Å². The molecule has 0 fully saturated rings. The fourth-order valence-electron chi connectivity index (χ4n) is 1.48. The Morgan fingerprint density at radius 3 is 2.50 bits per heavy atom. The minimum atomic E-state index is -1.09. The molecule has 0 saturated carbocycles. The average Bonchev–Trinajstić information content (AvgIpc) is 2.37. The van der Waals surface area contributed by atoms with E-state index in [1.807, 2.05) is 6.92 Å². The molecule has 20 heavy (non-hydrogen) atoms. The summed E-state index contributed by atoms with van der Waals surface area (Å²) < 4.78 is 0.532. The van der Waals surface area contributed by atoms with Crippen LogP contribution in [0.1, 0.15) is 31.1 Å². The van der Waals surface area contributed by atoms with Crippen molar-refractivity contribution in [2.45, 2.75) is 20.8 Å². The summed E-state index contributed by atoms with van der Waals surface area (Å²) in [6.45, 7) is 6.75. The van der Waals surface area contributed by atoms with Gasteiger partial charge in [-0.1, -0.05) is 26.8 Å². The van der Waals surface area contributed by atoms with Gasteiger partial charge < -0.3 is 15.7 Å². The Labute approximate surface area is 126 Å². The minimum absolute atomic E-state index is 0.0476. The number of nitrogens with one attached hydrogen (secondary N) is 2. The summed E-state index contributed by atoms with van der Waals surface area (Å²) in [6, 6.07) is 4.32. The molecule has 1 aromatic rings. The predicted octanol–water partition coefficient (Wildman–Crippen LogP) is 3.56. The van der Waals surface area contributed by atoms with E-state index in [4.69, 9.17) is 5.11 Å². The molecule has 2 amide bonds. The number of carboxylic acid groups (broad SMARTS) is 1. The Balaban J connectivity index is 2.74. The van der Waals surface area contributed by atoms with Crippen molar-refractivity contribution in [1.82, 2.24) is 5.32 Å². The third-order valence-corrected chi connectivity index (χ3v) is 3.87. The first kappa shape index (κ1) is 16.5. The fraction of sp³-hybridized carbons (Fsp3) is 0.429. The highest BCUT2D eigenvalue weighted by Crippen LogP contribution is 2.26. The van der Waals surface area contributed by atoms with Crippen LogP contribution in [0.4, 0.5) is 10.5 Å². The molecule has 0 aliphatic rings. The van der Waals surface area contributed by atoms with Crippen molar-refractivity contribution in [2.24, 2.45) is 11.8 Å². The molecule has 3 N–H and O–H groups in total. The van der Waals surface area contributed by atoms with Crippen LogP contribution in [0.2, 0.25) is 0 Å². The van der Waals surface area contributed by atoms with Gasteiger partial charge in [0.05, 0.1) is 11.3 Å². The van der Waals surface area contributed by atoms with E-state index in [1.165, 1.54) is 6.07 Å². The molecule has 1 unspecified atom stereocenters. The van der Waals surface area contributed by atoms with Crippen LogP contribution in [-0.2, 0) is 0 Å². The van der Waals surface area contributed by atoms with Gasteiger partial charge in [-0.05, 0) is 39.9 Å². The fourth-order valence-corrected chi connectivity index (χ4v) is 1.94. The van der Waals surface area contributed by atoms with E-state index in [9.17, 15) is 9.59 Å². The lowest BCUT2D eigenvalue weighted by Crippen LogP contribution is -2.34. The number of amides is 2. The highest BCUT2D eigenvalue weighted by Gasteiger charge is 2.15. The van der Waals surface area contributed by atoms with Crippen LogP contribution in [-0.4, -0.2) is 23.7 Å². The summed E-state index contributed by atoms with van der Waals surface area (Å²) in [5, 5.41) is 14.4. The van der Waals surface area contributed by atoms with Gasteiger partial charge in [0.15, 0.2) is 0 Å². The smallest absolute Gasteiger partial charge is 0.337 e. The first-order valence-corrected chi connectivity index (χ1v) is 7.19. The lowest BCUT2D eigenvalue weighted by Gasteiger charge is -2.17. The molecule has 0 radical (unpaired) electrons. The molecule has 0 saturated heterocycles. The third-order valence-electron chi connectivity index (χ3n) is 3.21. The minimum Gasteiger partial charge on any atom is -0.478 e. The Morgan fingerprint density at radius 1 is 1.30 bits per heavy atom. The Kier molecular flexibility index (Phi) is 6.01. The number of aromatic carboxylic acids is 1. The van der Waals surface area contributed by atoms with Crippen molar-refractivity contribution in [3.8, 4) is 0 Å². The largest absolute Gasteiger partial charge is 0.478 e. The second-order valence-electron chi connectivity index (χ2n) is 5.02. The molecule has 1 rings (SSSR count). The molecule has 6 heteroatoms. The Morgan fingerprint density at radius 2 is 1.95 bits per heavy atom. The zero-order chi connectivity index (χ0) is 15.3. The van der Waals surface area contributed by atoms with Gasteiger partial charge in [-0.25, -0.2) is 9.59 Å². The zero-order valence-electron chi connectivity index (χ0n) is 11.7. The van der Waals surface area contributed by atoms with Crippen molar-refractivity contribution in [1.29, 1.82) is 0 Å². The molecular weight excluding hydrogens is 324 g/mol. The van der Waals surface area contributed by atoms with E-state index in [2.05, 4.69) is 40.4 Å². The number of carboxylic acids is 1. The number of benzene rings is 1. The first-order chi connectivity index (χ1) is 9.32. The van der Waals surface area contributed by atoms with E-state index in [0.29, 0.717) is 22.9 Å². The first-order valence-electron chi connectivity index (χ1n) is 6.39. The third kappa shape index (κ3) is 4.52. The maximum atomic E-state index is 11.8. The monoisotopic (exact) mass is 342 g/mol. The standard InChI is InChI=1S/C14H19BrN2O3/c1-8(2)9(3)7-16-14(20)17-12-10(13(18)19)5-4-6-11(12)15/h4-6,8-9H,7H2,1-3H3,(H,18,19)(H2,16,17,20). The molecular formula is C14H19BrN2O3. The molecule has 5 nitrogen and oxygen atoms in total. The predicted molar refractivity (Wildman–Crippen MR) is 82.1 cm³/mol. The molecule has 0 aromatic heterocycles. The molecule has 0 aliphatic heterocycles. The molecule has 0 heterocycles. The summed E-state index contributed by atoms with van der Waals surface area (Å²) in [5.74, 6) is -0.274. The maximum Gasteiger partial charge on any atom is 0.337 e. The van der Waals surface area contributed by atoms with E-state index in [0.717, 1.165) is 0 Å². The Hall–Kier alpha value is -1.56. The lowest BCUT2D eigenvalue weighted by atomic mass is 9.98. The highest BCUT2D eigenvalue weighted by atomic mass is 79.9. The second kappa shape index (κ2) is 7.28. The number of urea groups is 1. The summed E-state index contributed by atoms with van der Waals surface area (Å²) in [4.78, 5) is 22.9. The van der Waals surface area contributed by atoms with Gasteiger partial charge in [0.1, 0.15) is 0 Å². The van der Waals surface area contributed by atoms with E-state index in [1.54, 1.807) is 12.1 Å². The average molecular weight is 343 g/mol. The van der Waals surface area contributed by atoms with Gasteiger partial charge in [0, 0.05) is 11.0 Å². The number of hydrogen-bond acceptors (Lipinski definition) is 2. The van der Waals surface area contributed by atoms with Crippen molar-refractivity contribution in [3.63, 3.8) is 0 Å². The number of rotatable bonds is 5. The van der Waals surface area contributed by atoms with E-state index < -0.39 is 12.0 Å². The topological polar surface area (TPSA) is 78.4 Å². The summed E-state index contributed by atoms with van der Waals surface area (Å²) in [7, 11) is 0. The molecule has 1 aromatic carbocycles. The normalized spacial score (nSPS) is 12.1. The Bertz CT molecular complexity index is 503. The zero-order valence-corrected chi connectivity index (χ0v) is 13.3. The van der Waals surface area contributed by atoms with Crippen LogP contribution in [0.3, 0.4) is 0 Å². The summed E-state index contributed by atoms with van der Waals surface area (Å²) in [6.07, 6.45) is 0. The second-order valence-corrected chi connectivity index (χ2v) is 5.88. The van der Waals surface area contributed by atoms with Crippen LogP contribution in [0.15, 0.2) is 22.7 Å². The summed E-state index contributed by atoms with van der Waals surface area (Å²) in [5.41, 5.74) is 0.307. The van der Waals surface area contributed by atoms with Gasteiger partial charge >= 0.3 is 12.0 Å². The maximum absolute atomic E-state index is 11.8. The van der Waals surface area contributed by atoms with Crippen molar-refractivity contribution in [3.05, 3.63) is 28.2 Å². The van der Waals surface area contributed by atoms with E-state index in [-0.39, 0.29) is 11.3 Å². The van der Waals surface area contributed by atoms with Gasteiger partial charge in [0.2, 0.25) is 0 Å². The quantitative estimate of drug-likeness (QED) is 0.765. The van der Waals surface area contributed by atoms with Crippen LogP contribution in [0.25, 0.3) is 0 Å². The number of carbonyl (C=O) groups is 2. The number of carbonyl (C=O) groups excluding carboxylic acids is 1. The molecule has 1 atom stereocenters. The summed E-state index contributed by atoms with van der Waals surface area (Å²) >= 11 is 3.24. The van der Waals surface area contributed by atoms with Crippen molar-refractivity contribution in [2.75, 3.05) is 11.9 Å². The molecule has 0 aliphatic carbocycles. The van der Waals surface area contributed by atoms with Crippen LogP contribution >= 0.6 is 15.9 Å². The highest BCUT2D eigenvalue weighted by molar-refractivity contribution is 9.10. The van der Waals surface area contributed by atoms with Gasteiger partial charge in [0.25, 0.3) is 0 Å². The van der Waals surface area contributed by atoms with Gasteiger partial charge in [-0.3, -0.25) is 0 Å². The van der Waals surface area contributed by atoms with Gasteiger partial charge in [-0.2, -0.15) is 0 Å². The molecule has 110 valence electrons. The van der Waals surface area contributed by atoms with Crippen LogP contribution in [0, 0.1) is 11.8 Å². The van der Waals surface area contributed by atoms with Crippen molar-refractivity contribution < 1.29 is 14.7 Å². The van der Waals surface area contributed by atoms with Crippen molar-refractivity contribution >= 4 is 33.6 Å². The SMILES string of the molecule is CC(C)C(C)CNC(=O)Nc1c(Br)cccc1C(=O)O. The van der Waals surface area contributed by atoms with Crippen LogP contribution < -0.4 is 10.6 Å². The molecule has 0 spiro atoms.